The van der Waals surface area contributed by atoms with Gasteiger partial charge in [0.15, 0.2) is 0 Å². The molecule has 80 valence electrons. The summed E-state index contributed by atoms with van der Waals surface area (Å²) in [7, 11) is 2.03. The highest BCUT2D eigenvalue weighted by atomic mass is 14.9. The lowest BCUT2D eigenvalue weighted by Gasteiger charge is -2.23. The third kappa shape index (κ3) is 11.7. The van der Waals surface area contributed by atoms with Gasteiger partial charge in [-0.05, 0) is 40.7 Å². The number of nitrogens with one attached hydrogen (secondary N) is 1. The van der Waals surface area contributed by atoms with Gasteiger partial charge < -0.3 is 5.32 Å². The zero-order chi connectivity index (χ0) is 10.7. The topological polar surface area (TPSA) is 12.0 Å². The summed E-state index contributed by atoms with van der Waals surface area (Å²) in [6, 6.07) is 0.866. The Morgan fingerprint density at radius 1 is 1.23 bits per heavy atom. The molecule has 1 nitrogen and oxygen atoms in total. The van der Waals surface area contributed by atoms with Crippen LogP contribution in [0.1, 0.15) is 53.9 Å². The van der Waals surface area contributed by atoms with Crippen LogP contribution in [0.15, 0.2) is 11.6 Å². The lowest BCUT2D eigenvalue weighted by molar-refractivity contribution is 0.361. The summed E-state index contributed by atoms with van der Waals surface area (Å²) in [5.41, 5.74) is 1.38. The Morgan fingerprint density at radius 3 is 1.62 bits per heavy atom. The van der Waals surface area contributed by atoms with Crippen LogP contribution >= 0.6 is 0 Å². The summed E-state index contributed by atoms with van der Waals surface area (Å²) < 4.78 is 0. The second-order valence-corrected chi connectivity index (χ2v) is 3.28. The molecule has 0 aromatic carbocycles. The van der Waals surface area contributed by atoms with Gasteiger partial charge in [-0.1, -0.05) is 31.9 Å². The van der Waals surface area contributed by atoms with E-state index in [4.69, 9.17) is 0 Å². The number of hydrogen-bond donors (Lipinski definition) is 1. The number of hydrogen-bond acceptors (Lipinski definition) is 1. The molecule has 0 atom stereocenters. The van der Waals surface area contributed by atoms with Crippen molar-refractivity contribution in [3.05, 3.63) is 11.6 Å². The largest absolute Gasteiger partial charge is 0.317 e. The fraction of sp³-hybridized carbons (Fsp3) is 0.833. The van der Waals surface area contributed by atoms with Crippen LogP contribution in [0.3, 0.4) is 0 Å². The Kier molecular flexibility index (Phi) is 13.7. The minimum atomic E-state index is 0.866. The van der Waals surface area contributed by atoms with Crippen LogP contribution in [0.4, 0.5) is 0 Å². The third-order valence-electron chi connectivity index (χ3n) is 2.09. The van der Waals surface area contributed by atoms with Crippen molar-refractivity contribution in [1.82, 2.24) is 5.32 Å². The van der Waals surface area contributed by atoms with Gasteiger partial charge in [-0.25, -0.2) is 0 Å². The Balaban J connectivity index is 0. The van der Waals surface area contributed by atoms with E-state index >= 15 is 0 Å². The molecule has 0 aromatic heterocycles. The number of rotatable bonds is 1. The number of allylic oxidation sites excluding steroid dienone is 2. The Morgan fingerprint density at radius 2 is 1.62 bits per heavy atom. The fourth-order valence-corrected chi connectivity index (χ4v) is 0.697. The molecule has 0 radical (unpaired) electrons. The quantitative estimate of drug-likeness (QED) is 0.613. The molecule has 1 rings (SSSR count). The second kappa shape index (κ2) is 11.7. The highest BCUT2D eigenvalue weighted by Crippen LogP contribution is 2.16. The van der Waals surface area contributed by atoms with Gasteiger partial charge in [-0.15, -0.1) is 0 Å². The Labute approximate surface area is 84.6 Å². The van der Waals surface area contributed by atoms with E-state index < -0.39 is 0 Å². The molecule has 0 heterocycles. The second-order valence-electron chi connectivity index (χ2n) is 3.28. The Bertz CT molecular complexity index is 106. The minimum absolute atomic E-state index is 0.866. The van der Waals surface area contributed by atoms with Gasteiger partial charge in [0.25, 0.3) is 0 Å². The molecule has 0 bridgehead atoms. The lowest BCUT2D eigenvalue weighted by atomic mass is 9.94. The molecule has 0 unspecified atom stereocenters. The fourth-order valence-electron chi connectivity index (χ4n) is 0.697. The summed E-state index contributed by atoms with van der Waals surface area (Å²) in [4.78, 5) is 0. The highest BCUT2D eigenvalue weighted by molar-refractivity contribution is 4.88. The maximum Gasteiger partial charge on any atom is 0.00640 e. The molecule has 0 spiro atoms. The summed E-state index contributed by atoms with van der Waals surface area (Å²) in [5.74, 6) is 0. The van der Waals surface area contributed by atoms with E-state index in [-0.39, 0.29) is 0 Å². The van der Waals surface area contributed by atoms with Crippen molar-refractivity contribution in [1.29, 1.82) is 0 Å². The molecule has 1 fully saturated rings. The molecule has 0 saturated heterocycles. The molecule has 0 aliphatic heterocycles. The van der Waals surface area contributed by atoms with Gasteiger partial charge in [0.1, 0.15) is 0 Å². The van der Waals surface area contributed by atoms with Crippen LogP contribution < -0.4 is 5.32 Å². The smallest absolute Gasteiger partial charge is 0.00640 e. The minimum Gasteiger partial charge on any atom is -0.317 e. The summed E-state index contributed by atoms with van der Waals surface area (Å²) >= 11 is 0. The van der Waals surface area contributed by atoms with Crippen LogP contribution in [0, 0.1) is 0 Å². The van der Waals surface area contributed by atoms with Crippen molar-refractivity contribution < 1.29 is 0 Å². The van der Waals surface area contributed by atoms with Gasteiger partial charge in [0, 0.05) is 6.04 Å². The first kappa shape index (κ1) is 15.2. The highest BCUT2D eigenvalue weighted by Gasteiger charge is 2.13. The average Bonchev–Trinajstić information content (AvgIpc) is 2.07. The Hall–Kier alpha value is -0.300. The van der Waals surface area contributed by atoms with Crippen LogP contribution in [-0.4, -0.2) is 13.1 Å². The van der Waals surface area contributed by atoms with E-state index in [1.54, 1.807) is 0 Å². The summed E-state index contributed by atoms with van der Waals surface area (Å²) in [5, 5.41) is 3.20. The molecular weight excluding hydrogens is 158 g/mol. The molecule has 13 heavy (non-hydrogen) atoms. The standard InChI is InChI=1S/C5H11N.C5H10.C2H6/c1-6-5-3-2-4-5;1-4-5(2)3;1-2/h5-6H,2-4H2,1H3;4H,1-3H3;1-2H3. The zero-order valence-electron chi connectivity index (χ0n) is 10.3. The molecule has 0 aromatic rings. The first-order valence-electron chi connectivity index (χ1n) is 5.47. The lowest BCUT2D eigenvalue weighted by Crippen LogP contribution is -2.31. The maximum atomic E-state index is 3.20. The van der Waals surface area contributed by atoms with Crippen LogP contribution in [0.5, 0.6) is 0 Å². The van der Waals surface area contributed by atoms with Crippen molar-refractivity contribution in [2.45, 2.75) is 59.9 Å². The van der Waals surface area contributed by atoms with Gasteiger partial charge in [-0.3, -0.25) is 0 Å². The molecular formula is C12H27N. The first-order chi connectivity index (χ1) is 6.20. The average molecular weight is 185 g/mol. The molecule has 1 N–H and O–H groups in total. The maximum absolute atomic E-state index is 3.20. The van der Waals surface area contributed by atoms with Gasteiger partial charge >= 0.3 is 0 Å². The predicted octanol–water partition coefficient (Wildman–Crippen LogP) is 3.76. The van der Waals surface area contributed by atoms with Crippen molar-refractivity contribution in [2.75, 3.05) is 7.05 Å². The van der Waals surface area contributed by atoms with E-state index in [0.717, 1.165) is 6.04 Å². The van der Waals surface area contributed by atoms with Gasteiger partial charge in [-0.2, -0.15) is 0 Å². The van der Waals surface area contributed by atoms with Crippen molar-refractivity contribution in [3.8, 4) is 0 Å². The van der Waals surface area contributed by atoms with Gasteiger partial charge in [0.2, 0.25) is 0 Å². The normalized spacial score (nSPS) is 14.0. The summed E-state index contributed by atoms with van der Waals surface area (Å²) in [6.45, 7) is 10.2. The van der Waals surface area contributed by atoms with E-state index in [1.165, 1.54) is 24.8 Å². The van der Waals surface area contributed by atoms with E-state index in [0.29, 0.717) is 0 Å². The SMILES string of the molecule is CC.CC=C(C)C.CNC1CCC1. The van der Waals surface area contributed by atoms with Crippen molar-refractivity contribution >= 4 is 0 Å². The third-order valence-corrected chi connectivity index (χ3v) is 2.09. The zero-order valence-corrected chi connectivity index (χ0v) is 10.3. The molecule has 1 aliphatic rings. The van der Waals surface area contributed by atoms with Crippen LogP contribution in [0.25, 0.3) is 0 Å². The summed E-state index contributed by atoms with van der Waals surface area (Å²) in [6.07, 6.45) is 6.32. The van der Waals surface area contributed by atoms with Gasteiger partial charge in [0.05, 0.1) is 0 Å². The van der Waals surface area contributed by atoms with E-state index in [1.807, 2.05) is 27.8 Å². The molecule has 1 aliphatic carbocycles. The molecule has 0 amide bonds. The van der Waals surface area contributed by atoms with Crippen molar-refractivity contribution in [3.63, 3.8) is 0 Å². The molecule has 1 saturated carbocycles. The van der Waals surface area contributed by atoms with Crippen LogP contribution in [0.2, 0.25) is 0 Å². The van der Waals surface area contributed by atoms with Crippen LogP contribution in [-0.2, 0) is 0 Å². The van der Waals surface area contributed by atoms with E-state index in [9.17, 15) is 0 Å². The van der Waals surface area contributed by atoms with Crippen molar-refractivity contribution in [2.24, 2.45) is 0 Å². The van der Waals surface area contributed by atoms with E-state index in [2.05, 4.69) is 25.2 Å². The predicted molar refractivity (Wildman–Crippen MR) is 63.2 cm³/mol. The monoisotopic (exact) mass is 185 g/mol. The first-order valence-corrected chi connectivity index (χ1v) is 5.47. The molecule has 1 heteroatoms.